The lowest BCUT2D eigenvalue weighted by Crippen LogP contribution is -2.57. The van der Waals surface area contributed by atoms with Crippen molar-refractivity contribution < 1.29 is 18.6 Å². The van der Waals surface area contributed by atoms with Crippen molar-refractivity contribution in [1.82, 2.24) is 0 Å². The number of nitrogens with one attached hydrogen (secondary N) is 1. The molecule has 2 aromatic rings. The van der Waals surface area contributed by atoms with Gasteiger partial charge in [0.15, 0.2) is 5.41 Å². The summed E-state index contributed by atoms with van der Waals surface area (Å²) < 4.78 is 31.4. The smallest absolute Gasteiger partial charge is 0.244 e. The minimum atomic E-state index is -2.14. The summed E-state index contributed by atoms with van der Waals surface area (Å²) in [5.74, 6) is -3.06. The lowest BCUT2D eigenvalue weighted by atomic mass is 9.53. The Labute approximate surface area is 178 Å². The van der Waals surface area contributed by atoms with Gasteiger partial charge >= 0.3 is 0 Å². The molecule has 2 aromatic carbocycles. The van der Waals surface area contributed by atoms with Crippen molar-refractivity contribution in [3.63, 3.8) is 0 Å². The number of methoxy groups -OCH3 is 1. The van der Waals surface area contributed by atoms with Crippen LogP contribution in [-0.2, 0) is 15.3 Å². The number of nitriles is 3. The van der Waals surface area contributed by atoms with Crippen molar-refractivity contribution in [2.24, 2.45) is 16.7 Å². The Hall–Kier alpha value is -3.93. The lowest BCUT2D eigenvalue weighted by molar-refractivity contribution is -0.288. The van der Waals surface area contributed by atoms with Crippen LogP contribution >= 0.6 is 0 Å². The largest absolute Gasteiger partial charge is 0.497 e. The van der Waals surface area contributed by atoms with E-state index in [1.807, 2.05) is 18.2 Å². The fourth-order valence-electron chi connectivity index (χ4n) is 4.66. The highest BCUT2D eigenvalue weighted by atomic mass is 19.1. The van der Waals surface area contributed by atoms with Crippen LogP contribution in [0.3, 0.4) is 0 Å². The summed E-state index contributed by atoms with van der Waals surface area (Å²) in [6, 6.07) is 17.9. The van der Waals surface area contributed by atoms with Crippen molar-refractivity contribution in [3.05, 3.63) is 65.5 Å². The molecule has 31 heavy (non-hydrogen) atoms. The van der Waals surface area contributed by atoms with Crippen LogP contribution in [0.1, 0.15) is 24.2 Å². The molecule has 8 heteroatoms. The number of benzene rings is 2. The Morgan fingerprint density at radius 3 is 2.29 bits per heavy atom. The van der Waals surface area contributed by atoms with E-state index in [0.717, 1.165) is 6.07 Å². The second-order valence-corrected chi connectivity index (χ2v) is 7.55. The van der Waals surface area contributed by atoms with Crippen molar-refractivity contribution in [2.75, 3.05) is 7.11 Å². The van der Waals surface area contributed by atoms with Crippen LogP contribution in [0.25, 0.3) is 0 Å². The zero-order valence-corrected chi connectivity index (χ0v) is 16.7. The zero-order chi connectivity index (χ0) is 22.4. The van der Waals surface area contributed by atoms with Crippen LogP contribution < -0.4 is 4.74 Å². The maximum atomic E-state index is 14.1. The predicted molar refractivity (Wildman–Crippen MR) is 105 cm³/mol. The van der Waals surface area contributed by atoms with Gasteiger partial charge in [0, 0.05) is 5.56 Å². The third-order valence-corrected chi connectivity index (χ3v) is 6.31. The first-order valence-corrected chi connectivity index (χ1v) is 9.45. The molecule has 4 atom stereocenters. The van der Waals surface area contributed by atoms with Gasteiger partial charge in [-0.2, -0.15) is 15.8 Å². The van der Waals surface area contributed by atoms with E-state index in [2.05, 4.69) is 0 Å². The molecular weight excluding hydrogens is 399 g/mol. The molecule has 7 nitrogen and oxygen atoms in total. The molecule has 2 aliphatic rings. The summed E-state index contributed by atoms with van der Waals surface area (Å²) in [4.78, 5) is 0. The quantitative estimate of drug-likeness (QED) is 0.808. The molecule has 0 aliphatic carbocycles. The summed E-state index contributed by atoms with van der Waals surface area (Å²) in [6.45, 7) is 1.61. The first-order valence-electron chi connectivity index (χ1n) is 9.45. The maximum absolute atomic E-state index is 14.1. The normalized spacial score (nSPS) is 30.4. The van der Waals surface area contributed by atoms with Crippen LogP contribution in [0, 0.1) is 62.0 Å². The molecule has 0 aromatic heterocycles. The highest BCUT2D eigenvalue weighted by Crippen LogP contribution is 2.68. The summed E-state index contributed by atoms with van der Waals surface area (Å²) in [7, 11) is 1.52. The van der Waals surface area contributed by atoms with Crippen LogP contribution in [0.15, 0.2) is 48.5 Å². The van der Waals surface area contributed by atoms with Gasteiger partial charge in [0.1, 0.15) is 17.7 Å². The molecule has 0 saturated carbocycles. The van der Waals surface area contributed by atoms with E-state index in [9.17, 15) is 20.2 Å². The van der Waals surface area contributed by atoms with E-state index in [1.165, 1.54) is 25.3 Å². The van der Waals surface area contributed by atoms with E-state index in [-0.39, 0.29) is 5.56 Å². The van der Waals surface area contributed by atoms with Gasteiger partial charge in [0.25, 0.3) is 0 Å². The van der Waals surface area contributed by atoms with Gasteiger partial charge in [-0.15, -0.1) is 0 Å². The second-order valence-electron chi connectivity index (χ2n) is 7.55. The third-order valence-electron chi connectivity index (χ3n) is 6.31. The fourth-order valence-corrected chi connectivity index (χ4v) is 4.66. The number of ether oxygens (including phenoxy) is 3. The van der Waals surface area contributed by atoms with Crippen molar-refractivity contribution in [1.29, 1.82) is 21.2 Å². The average Bonchev–Trinajstić information content (AvgIpc) is 2.95. The van der Waals surface area contributed by atoms with Gasteiger partial charge in [-0.3, -0.25) is 5.41 Å². The Bertz CT molecular complexity index is 1180. The minimum absolute atomic E-state index is 0.200. The first-order chi connectivity index (χ1) is 14.8. The first kappa shape index (κ1) is 20.3. The predicted octanol–water partition coefficient (Wildman–Crippen LogP) is 3.95. The summed E-state index contributed by atoms with van der Waals surface area (Å²) in [6.07, 6.45) is -1.35. The minimum Gasteiger partial charge on any atom is -0.497 e. The fraction of sp³-hybridized carbons (Fsp3) is 0.304. The molecule has 0 radical (unpaired) electrons. The van der Waals surface area contributed by atoms with Crippen molar-refractivity contribution in [2.45, 2.75) is 18.8 Å². The molecule has 2 bridgehead atoms. The number of nitrogens with zero attached hydrogens (tertiary/aromatic N) is 3. The van der Waals surface area contributed by atoms with Crippen LogP contribution in [0.5, 0.6) is 5.75 Å². The van der Waals surface area contributed by atoms with E-state index in [0.29, 0.717) is 11.3 Å². The molecule has 2 aliphatic heterocycles. The van der Waals surface area contributed by atoms with E-state index in [4.69, 9.17) is 19.6 Å². The number of halogens is 1. The van der Waals surface area contributed by atoms with Crippen LogP contribution in [-0.4, -0.2) is 13.0 Å². The molecule has 2 heterocycles. The average molecular weight is 416 g/mol. The van der Waals surface area contributed by atoms with Gasteiger partial charge in [0.05, 0.1) is 31.2 Å². The van der Waals surface area contributed by atoms with Crippen molar-refractivity contribution in [3.8, 4) is 24.0 Å². The third kappa shape index (κ3) is 2.36. The Morgan fingerprint density at radius 1 is 1.06 bits per heavy atom. The molecule has 4 rings (SSSR count). The van der Waals surface area contributed by atoms with E-state index >= 15 is 0 Å². The highest BCUT2D eigenvalue weighted by molar-refractivity contribution is 5.89. The number of hydrogen-bond donors (Lipinski definition) is 1. The van der Waals surface area contributed by atoms with Crippen LogP contribution in [0.2, 0.25) is 0 Å². The molecular formula is C23H17FN4O3. The standard InChI is InChI=1S/C23H17FN4O3/c1-14-22(13-27)20(28)31-23(14,16-6-8-18(29-2)9-7-16)30-19(21(22,11-25)12-26)15-4-3-5-17(24)10-15/h3-10,14,19,28H,1-2H3. The molecule has 2 fully saturated rings. The van der Waals surface area contributed by atoms with Gasteiger partial charge < -0.3 is 14.2 Å². The molecule has 0 spiro atoms. The monoisotopic (exact) mass is 416 g/mol. The number of rotatable bonds is 3. The zero-order valence-electron chi connectivity index (χ0n) is 16.7. The molecule has 0 amide bonds. The molecule has 154 valence electrons. The van der Waals surface area contributed by atoms with Gasteiger partial charge in [-0.1, -0.05) is 19.1 Å². The molecule has 1 N–H and O–H groups in total. The molecule has 2 saturated heterocycles. The van der Waals surface area contributed by atoms with Gasteiger partial charge in [-0.05, 0) is 42.0 Å². The van der Waals surface area contributed by atoms with Crippen molar-refractivity contribution >= 4 is 5.90 Å². The summed E-state index contributed by atoms with van der Waals surface area (Å²) >= 11 is 0. The number of hydrogen-bond acceptors (Lipinski definition) is 7. The van der Waals surface area contributed by atoms with Gasteiger partial charge in [-0.25, -0.2) is 4.39 Å². The van der Waals surface area contributed by atoms with Gasteiger partial charge in [0.2, 0.25) is 17.1 Å². The number of fused-ring (bicyclic) bond motifs is 2. The maximum Gasteiger partial charge on any atom is 0.244 e. The summed E-state index contributed by atoms with van der Waals surface area (Å²) in [5, 5.41) is 39.1. The van der Waals surface area contributed by atoms with Crippen LogP contribution in [0.4, 0.5) is 4.39 Å². The second kappa shape index (κ2) is 6.80. The Kier molecular flexibility index (Phi) is 4.47. The molecule has 4 unspecified atom stereocenters. The lowest BCUT2D eigenvalue weighted by Gasteiger charge is -2.48. The van der Waals surface area contributed by atoms with E-state index in [1.54, 1.807) is 31.2 Å². The topological polar surface area (TPSA) is 123 Å². The SMILES string of the molecule is COc1ccc(C23OC(=N)C(C#N)(C2C)C(C#N)(C#N)C(c2cccc(F)c2)O3)cc1. The summed E-state index contributed by atoms with van der Waals surface area (Å²) in [5.41, 5.74) is -3.40. The Morgan fingerprint density at radius 2 is 1.74 bits per heavy atom. The highest BCUT2D eigenvalue weighted by Gasteiger charge is 2.79. The van der Waals surface area contributed by atoms with E-state index < -0.39 is 40.4 Å². The Balaban J connectivity index is 2.02.